The topological polar surface area (TPSA) is 95.2 Å². The lowest BCUT2D eigenvalue weighted by atomic mass is 9.86. The second-order valence-corrected chi connectivity index (χ2v) is 10.8. The van der Waals surface area contributed by atoms with Crippen LogP contribution in [0.25, 0.3) is 39.3 Å². The lowest BCUT2D eigenvalue weighted by molar-refractivity contribution is 0.357. The van der Waals surface area contributed by atoms with E-state index in [1.165, 1.54) is 32.1 Å². The number of hydrogen-bond acceptors (Lipinski definition) is 5. The van der Waals surface area contributed by atoms with E-state index in [1.54, 1.807) is 6.08 Å². The van der Waals surface area contributed by atoms with Gasteiger partial charge in [-0.15, -0.1) is 0 Å². The quantitative estimate of drug-likeness (QED) is 0.191. The van der Waals surface area contributed by atoms with Crippen LogP contribution in [0.3, 0.4) is 0 Å². The number of pyridine rings is 2. The number of nitrogens with zero attached hydrogens (tertiary/aromatic N) is 4. The maximum atomic E-state index is 4.99. The highest BCUT2D eigenvalue weighted by atomic mass is 15.2. The van der Waals surface area contributed by atoms with Gasteiger partial charge >= 0.3 is 0 Å². The Morgan fingerprint density at radius 2 is 1.98 bits per heavy atom. The van der Waals surface area contributed by atoms with Crippen LogP contribution in [0, 0.1) is 12.8 Å². The Bertz CT molecular complexity index is 1660. The van der Waals surface area contributed by atoms with Gasteiger partial charge in [-0.2, -0.15) is 5.10 Å². The van der Waals surface area contributed by atoms with Crippen molar-refractivity contribution in [3.8, 4) is 22.6 Å². The van der Waals surface area contributed by atoms with Gasteiger partial charge in [-0.3, -0.25) is 10.1 Å². The molecule has 0 amide bonds. The minimum atomic E-state index is 0.640. The third kappa shape index (κ3) is 5.32. The summed E-state index contributed by atoms with van der Waals surface area (Å²) in [4.78, 5) is 17.6. The number of aryl methyl sites for hydroxylation is 1. The van der Waals surface area contributed by atoms with Crippen molar-refractivity contribution in [2.45, 2.75) is 51.9 Å². The first-order valence-electron chi connectivity index (χ1n) is 14.1. The van der Waals surface area contributed by atoms with Crippen molar-refractivity contribution in [2.75, 3.05) is 5.32 Å². The van der Waals surface area contributed by atoms with E-state index < -0.39 is 0 Å². The van der Waals surface area contributed by atoms with E-state index in [1.807, 2.05) is 31.6 Å². The molecule has 0 radical (unpaired) electrons. The summed E-state index contributed by atoms with van der Waals surface area (Å²) in [5.41, 5.74) is 9.45. The molecule has 202 valence electrons. The molecule has 4 aromatic heterocycles. The van der Waals surface area contributed by atoms with Gasteiger partial charge in [-0.25, -0.2) is 9.97 Å². The number of imidazole rings is 1. The van der Waals surface area contributed by atoms with E-state index in [0.717, 1.165) is 80.7 Å². The fraction of sp³-hybridized carbons (Fsp3) is 0.273. The third-order valence-electron chi connectivity index (χ3n) is 7.81. The van der Waals surface area contributed by atoms with Crippen LogP contribution in [0.15, 0.2) is 85.5 Å². The van der Waals surface area contributed by atoms with E-state index in [-0.39, 0.29) is 0 Å². The van der Waals surface area contributed by atoms with E-state index in [4.69, 9.17) is 4.98 Å². The Kier molecular flexibility index (Phi) is 7.27. The minimum absolute atomic E-state index is 0.640. The van der Waals surface area contributed by atoms with Gasteiger partial charge in [0.05, 0.1) is 23.0 Å². The molecule has 0 atom stereocenters. The summed E-state index contributed by atoms with van der Waals surface area (Å²) in [5.74, 6) is 1.45. The first-order chi connectivity index (χ1) is 19.6. The highest BCUT2D eigenvalue weighted by Crippen LogP contribution is 2.34. The molecule has 0 spiro atoms. The molecular formula is C33H35N7. The average molecular weight is 530 g/mol. The number of aromatic nitrogens is 6. The first kappa shape index (κ1) is 25.7. The molecule has 0 aromatic carbocycles. The summed E-state index contributed by atoms with van der Waals surface area (Å²) < 4.78 is 0. The Balaban J connectivity index is 1.27. The minimum Gasteiger partial charge on any atom is -0.358 e. The summed E-state index contributed by atoms with van der Waals surface area (Å²) in [6, 6.07) is 4.20. The predicted molar refractivity (Wildman–Crippen MR) is 163 cm³/mol. The molecule has 3 N–H and O–H groups in total. The van der Waals surface area contributed by atoms with Gasteiger partial charge in [0.25, 0.3) is 0 Å². The highest BCUT2D eigenvalue weighted by molar-refractivity contribution is 5.92. The Morgan fingerprint density at radius 3 is 2.77 bits per heavy atom. The maximum absolute atomic E-state index is 4.99. The molecule has 0 aliphatic heterocycles. The third-order valence-corrected chi connectivity index (χ3v) is 7.81. The van der Waals surface area contributed by atoms with Gasteiger partial charge in [0.1, 0.15) is 5.69 Å². The molecule has 0 bridgehead atoms. The fourth-order valence-electron chi connectivity index (χ4n) is 5.83. The Hall–Kier alpha value is -4.52. The maximum Gasteiger partial charge on any atom is 0.181 e. The van der Waals surface area contributed by atoms with Gasteiger partial charge < -0.3 is 10.3 Å². The summed E-state index contributed by atoms with van der Waals surface area (Å²) >= 11 is 0. The van der Waals surface area contributed by atoms with Gasteiger partial charge in [0.2, 0.25) is 0 Å². The number of allylic oxidation sites excluding steroid dienone is 8. The zero-order valence-corrected chi connectivity index (χ0v) is 23.0. The van der Waals surface area contributed by atoms with Crippen molar-refractivity contribution >= 4 is 22.3 Å². The zero-order valence-electron chi connectivity index (χ0n) is 23.0. The molecule has 40 heavy (non-hydrogen) atoms. The predicted octanol–water partition coefficient (Wildman–Crippen LogP) is 8.07. The number of hydrogen-bond donors (Lipinski definition) is 3. The normalized spacial score (nSPS) is 15.9. The van der Waals surface area contributed by atoms with Crippen LogP contribution >= 0.6 is 0 Å². The molecule has 0 unspecified atom stereocenters. The fourth-order valence-corrected chi connectivity index (χ4v) is 5.83. The van der Waals surface area contributed by atoms with E-state index in [0.29, 0.717) is 5.65 Å². The average Bonchev–Trinajstić information content (AvgIpc) is 3.72. The van der Waals surface area contributed by atoms with Crippen molar-refractivity contribution in [3.63, 3.8) is 0 Å². The Morgan fingerprint density at radius 1 is 1.12 bits per heavy atom. The monoisotopic (exact) mass is 529 g/mol. The molecule has 0 saturated heterocycles. The van der Waals surface area contributed by atoms with Gasteiger partial charge in [0, 0.05) is 40.5 Å². The molecule has 7 heteroatoms. The largest absolute Gasteiger partial charge is 0.358 e. The van der Waals surface area contributed by atoms with Crippen LogP contribution in [0.2, 0.25) is 0 Å². The number of rotatable bonds is 9. The van der Waals surface area contributed by atoms with Crippen LogP contribution < -0.4 is 5.32 Å². The summed E-state index contributed by atoms with van der Waals surface area (Å²) in [6.07, 6.45) is 24.4. The summed E-state index contributed by atoms with van der Waals surface area (Å²) in [6.45, 7) is 10.2. The van der Waals surface area contributed by atoms with Crippen molar-refractivity contribution < 1.29 is 0 Å². The number of nitrogens with one attached hydrogen (secondary N) is 3. The highest BCUT2D eigenvalue weighted by Gasteiger charge is 2.19. The van der Waals surface area contributed by atoms with Gasteiger partial charge in [0.15, 0.2) is 11.5 Å². The molecule has 2 aliphatic rings. The molecule has 7 nitrogen and oxygen atoms in total. The SMILES string of the molecule is C=C/C=C(/C1=CCC=C1)c1nc(-c2[nH]nc3ncc(-c4cncc(NC(=C)CC5CCCCC5)c4)cc23)[nH]c1C. The molecule has 2 aliphatic carbocycles. The summed E-state index contributed by atoms with van der Waals surface area (Å²) in [7, 11) is 0. The van der Waals surface area contributed by atoms with Crippen molar-refractivity contribution in [1.29, 1.82) is 0 Å². The number of aromatic amines is 2. The molecule has 4 heterocycles. The van der Waals surface area contributed by atoms with Crippen LogP contribution in [-0.4, -0.2) is 30.1 Å². The van der Waals surface area contributed by atoms with Gasteiger partial charge in [-0.05, 0) is 43.4 Å². The zero-order chi connectivity index (χ0) is 27.5. The van der Waals surface area contributed by atoms with Crippen LogP contribution in [0.1, 0.15) is 56.3 Å². The van der Waals surface area contributed by atoms with Gasteiger partial charge in [-0.1, -0.05) is 75.6 Å². The van der Waals surface area contributed by atoms with E-state index in [2.05, 4.69) is 74.0 Å². The first-order valence-corrected chi connectivity index (χ1v) is 14.1. The van der Waals surface area contributed by atoms with E-state index >= 15 is 0 Å². The number of fused-ring (bicyclic) bond motifs is 1. The van der Waals surface area contributed by atoms with Crippen molar-refractivity contribution in [3.05, 3.63) is 96.9 Å². The lowest BCUT2D eigenvalue weighted by Gasteiger charge is -2.22. The van der Waals surface area contributed by atoms with Crippen molar-refractivity contribution in [2.24, 2.45) is 5.92 Å². The Labute approximate surface area is 235 Å². The molecule has 4 aromatic rings. The second-order valence-electron chi connectivity index (χ2n) is 10.8. The number of anilines is 1. The lowest BCUT2D eigenvalue weighted by Crippen LogP contribution is -2.10. The molecular weight excluding hydrogens is 494 g/mol. The van der Waals surface area contributed by atoms with Crippen LogP contribution in [0.4, 0.5) is 5.69 Å². The molecule has 1 fully saturated rings. The van der Waals surface area contributed by atoms with Crippen LogP contribution in [0.5, 0.6) is 0 Å². The second kappa shape index (κ2) is 11.3. The van der Waals surface area contributed by atoms with E-state index in [9.17, 15) is 0 Å². The van der Waals surface area contributed by atoms with Crippen molar-refractivity contribution in [1.82, 2.24) is 30.1 Å². The summed E-state index contributed by atoms with van der Waals surface area (Å²) in [5, 5.41) is 12.0. The molecule has 1 saturated carbocycles. The smallest absolute Gasteiger partial charge is 0.181 e. The van der Waals surface area contributed by atoms with Crippen LogP contribution in [-0.2, 0) is 0 Å². The standard InChI is InChI=1S/C33H35N7/c1-4-10-28(24-13-8-9-14-24)30-22(3)37-33(38-30)31-29-17-26(19-35-32(29)40-39-31)25-16-27(20-34-18-25)36-21(2)15-23-11-6-5-7-12-23/h4,8,10,13-14,16-20,23,36H,1-2,5-7,9,11-12,15H2,3H3,(H,37,38)(H,35,39,40)/b28-10-. The molecule has 6 rings (SSSR count). The number of H-pyrrole nitrogens is 2.